The van der Waals surface area contributed by atoms with Crippen molar-refractivity contribution >= 4 is 22.9 Å². The highest BCUT2D eigenvalue weighted by Gasteiger charge is 2.31. The molecule has 0 radical (unpaired) electrons. The van der Waals surface area contributed by atoms with Gasteiger partial charge in [-0.3, -0.25) is 0 Å². The average Bonchev–Trinajstić information content (AvgIpc) is 3.08. The molecule has 0 heterocycles. The molecule has 2 N–H and O–H groups in total. The highest BCUT2D eigenvalue weighted by atomic mass is 32.1. The van der Waals surface area contributed by atoms with Gasteiger partial charge in [-0.25, -0.2) is 0 Å². The molecule has 1 aromatic rings. The summed E-state index contributed by atoms with van der Waals surface area (Å²) in [7, 11) is 0. The van der Waals surface area contributed by atoms with Crippen LogP contribution in [0.3, 0.4) is 0 Å². The average molecular weight is 262 g/mol. The van der Waals surface area contributed by atoms with E-state index in [1.165, 1.54) is 24.1 Å². The maximum absolute atomic E-state index is 5.86. The first-order valence-electron chi connectivity index (χ1n) is 6.66. The van der Waals surface area contributed by atoms with Crippen molar-refractivity contribution in [3.05, 3.63) is 29.3 Å². The number of rotatable bonds is 5. The summed E-state index contributed by atoms with van der Waals surface area (Å²) in [6, 6.07) is 7.04. The predicted octanol–water partition coefficient (Wildman–Crippen LogP) is 3.25. The van der Waals surface area contributed by atoms with Crippen LogP contribution in [0, 0.1) is 12.8 Å². The minimum absolute atomic E-state index is 0.499. The second-order valence-corrected chi connectivity index (χ2v) is 6.10. The SMILES string of the molecule is Cc1ccc(C(N)=S)c(N(CC(C)C)C2CC2)c1. The van der Waals surface area contributed by atoms with Gasteiger partial charge in [-0.1, -0.05) is 32.1 Å². The van der Waals surface area contributed by atoms with Crippen molar-refractivity contribution in [2.75, 3.05) is 11.4 Å². The molecule has 0 unspecified atom stereocenters. The van der Waals surface area contributed by atoms with Gasteiger partial charge in [0.25, 0.3) is 0 Å². The van der Waals surface area contributed by atoms with Gasteiger partial charge in [0.15, 0.2) is 0 Å². The number of benzene rings is 1. The Kier molecular flexibility index (Phi) is 3.91. The van der Waals surface area contributed by atoms with Crippen LogP contribution in [0.5, 0.6) is 0 Å². The van der Waals surface area contributed by atoms with Crippen LogP contribution in [-0.2, 0) is 0 Å². The highest BCUT2D eigenvalue weighted by Crippen LogP contribution is 2.34. The van der Waals surface area contributed by atoms with Crippen LogP contribution in [0.2, 0.25) is 0 Å². The van der Waals surface area contributed by atoms with Gasteiger partial charge in [-0.05, 0) is 43.4 Å². The summed E-state index contributed by atoms with van der Waals surface area (Å²) >= 11 is 5.18. The molecule has 0 bridgehead atoms. The topological polar surface area (TPSA) is 29.3 Å². The lowest BCUT2D eigenvalue weighted by molar-refractivity contribution is 0.607. The minimum Gasteiger partial charge on any atom is -0.389 e. The quantitative estimate of drug-likeness (QED) is 0.826. The molecule has 0 aliphatic heterocycles. The molecule has 1 aliphatic rings. The largest absolute Gasteiger partial charge is 0.389 e. The van der Waals surface area contributed by atoms with E-state index in [1.54, 1.807) is 0 Å². The zero-order chi connectivity index (χ0) is 13.3. The van der Waals surface area contributed by atoms with Gasteiger partial charge in [-0.15, -0.1) is 0 Å². The van der Waals surface area contributed by atoms with Crippen molar-refractivity contribution in [2.45, 2.75) is 39.7 Å². The summed E-state index contributed by atoms with van der Waals surface area (Å²) in [6.45, 7) is 7.70. The smallest absolute Gasteiger partial charge is 0.106 e. The van der Waals surface area contributed by atoms with Crippen LogP contribution < -0.4 is 10.6 Å². The number of hydrogen-bond donors (Lipinski definition) is 1. The van der Waals surface area contributed by atoms with E-state index < -0.39 is 0 Å². The molecule has 0 saturated heterocycles. The molecule has 2 nitrogen and oxygen atoms in total. The first-order chi connectivity index (χ1) is 8.49. The van der Waals surface area contributed by atoms with Gasteiger partial charge < -0.3 is 10.6 Å². The van der Waals surface area contributed by atoms with Gasteiger partial charge in [-0.2, -0.15) is 0 Å². The fourth-order valence-corrected chi connectivity index (χ4v) is 2.48. The van der Waals surface area contributed by atoms with Crippen LogP contribution in [0.15, 0.2) is 18.2 Å². The molecule has 1 aliphatic carbocycles. The number of nitrogens with zero attached hydrogens (tertiary/aromatic N) is 1. The van der Waals surface area contributed by atoms with Crippen LogP contribution in [-0.4, -0.2) is 17.6 Å². The molecule has 2 rings (SSSR count). The van der Waals surface area contributed by atoms with Crippen molar-refractivity contribution in [3.8, 4) is 0 Å². The Morgan fingerprint density at radius 1 is 1.44 bits per heavy atom. The summed E-state index contributed by atoms with van der Waals surface area (Å²) in [6.07, 6.45) is 2.58. The zero-order valence-corrected chi connectivity index (χ0v) is 12.3. The maximum atomic E-state index is 5.86. The Hall–Kier alpha value is -1.09. The normalized spacial score (nSPS) is 14.9. The van der Waals surface area contributed by atoms with Crippen molar-refractivity contribution in [2.24, 2.45) is 11.7 Å². The lowest BCUT2D eigenvalue weighted by Crippen LogP contribution is -2.32. The number of hydrogen-bond acceptors (Lipinski definition) is 2. The van der Waals surface area contributed by atoms with Crippen LogP contribution in [0.25, 0.3) is 0 Å². The van der Waals surface area contributed by atoms with Crippen LogP contribution in [0.4, 0.5) is 5.69 Å². The molecule has 0 spiro atoms. The molecular formula is C15H22N2S. The third-order valence-electron chi connectivity index (χ3n) is 3.28. The number of anilines is 1. The monoisotopic (exact) mass is 262 g/mol. The molecule has 1 aromatic carbocycles. The number of nitrogens with two attached hydrogens (primary N) is 1. The number of thiocarbonyl (C=S) groups is 1. The molecule has 98 valence electrons. The van der Waals surface area contributed by atoms with E-state index >= 15 is 0 Å². The molecule has 1 saturated carbocycles. The van der Waals surface area contributed by atoms with Gasteiger partial charge in [0.2, 0.25) is 0 Å². The third kappa shape index (κ3) is 3.02. The van der Waals surface area contributed by atoms with E-state index in [0.29, 0.717) is 16.9 Å². The van der Waals surface area contributed by atoms with Crippen molar-refractivity contribution in [3.63, 3.8) is 0 Å². The molecule has 3 heteroatoms. The van der Waals surface area contributed by atoms with Gasteiger partial charge in [0.1, 0.15) is 4.99 Å². The molecular weight excluding hydrogens is 240 g/mol. The summed E-state index contributed by atoms with van der Waals surface area (Å²) in [5.74, 6) is 0.644. The first-order valence-corrected chi connectivity index (χ1v) is 7.07. The van der Waals surface area contributed by atoms with E-state index in [0.717, 1.165) is 12.1 Å². The van der Waals surface area contributed by atoms with Crippen LogP contribution in [0.1, 0.15) is 37.8 Å². The first kappa shape index (κ1) is 13.3. The van der Waals surface area contributed by atoms with E-state index in [2.05, 4.69) is 43.9 Å². The molecule has 0 atom stereocenters. The molecule has 18 heavy (non-hydrogen) atoms. The third-order valence-corrected chi connectivity index (χ3v) is 3.50. The fourth-order valence-electron chi connectivity index (χ4n) is 2.31. The van der Waals surface area contributed by atoms with Gasteiger partial charge in [0, 0.05) is 23.8 Å². The Morgan fingerprint density at radius 3 is 2.61 bits per heavy atom. The Bertz CT molecular complexity index is 450. The summed E-state index contributed by atoms with van der Waals surface area (Å²) < 4.78 is 0. The summed E-state index contributed by atoms with van der Waals surface area (Å²) in [5.41, 5.74) is 9.36. The van der Waals surface area contributed by atoms with Crippen molar-refractivity contribution < 1.29 is 0 Å². The Labute approximate surface area is 115 Å². The highest BCUT2D eigenvalue weighted by molar-refractivity contribution is 7.80. The minimum atomic E-state index is 0.499. The predicted molar refractivity (Wildman–Crippen MR) is 82.3 cm³/mol. The molecule has 0 amide bonds. The fraction of sp³-hybridized carbons (Fsp3) is 0.533. The molecule has 1 fully saturated rings. The standard InChI is InChI=1S/C15H22N2S/c1-10(2)9-17(12-5-6-12)14-8-11(3)4-7-13(14)15(16)18/h4,7-8,10,12H,5-6,9H2,1-3H3,(H2,16,18). The molecule has 0 aromatic heterocycles. The maximum Gasteiger partial charge on any atom is 0.106 e. The second kappa shape index (κ2) is 5.27. The van der Waals surface area contributed by atoms with Gasteiger partial charge in [0.05, 0.1) is 0 Å². The Balaban J connectivity index is 2.38. The number of aryl methyl sites for hydroxylation is 1. The lowest BCUT2D eigenvalue weighted by Gasteiger charge is -2.29. The Morgan fingerprint density at radius 2 is 2.11 bits per heavy atom. The van der Waals surface area contributed by atoms with E-state index in [9.17, 15) is 0 Å². The van der Waals surface area contributed by atoms with Crippen molar-refractivity contribution in [1.29, 1.82) is 0 Å². The van der Waals surface area contributed by atoms with E-state index in [4.69, 9.17) is 18.0 Å². The summed E-state index contributed by atoms with van der Waals surface area (Å²) in [5, 5.41) is 0. The van der Waals surface area contributed by atoms with Gasteiger partial charge >= 0.3 is 0 Å². The van der Waals surface area contributed by atoms with E-state index in [-0.39, 0.29) is 0 Å². The lowest BCUT2D eigenvalue weighted by atomic mass is 10.1. The van der Waals surface area contributed by atoms with Crippen LogP contribution >= 0.6 is 12.2 Å². The zero-order valence-electron chi connectivity index (χ0n) is 11.4. The van der Waals surface area contributed by atoms with Crippen molar-refractivity contribution in [1.82, 2.24) is 0 Å². The van der Waals surface area contributed by atoms with E-state index in [1.807, 2.05) is 0 Å². The second-order valence-electron chi connectivity index (χ2n) is 5.66. The summed E-state index contributed by atoms with van der Waals surface area (Å²) in [4.78, 5) is 2.99.